The lowest BCUT2D eigenvalue weighted by molar-refractivity contribution is -0.242. The fourth-order valence-electron chi connectivity index (χ4n) is 8.49. The number of hydrogen-bond acceptors (Lipinski definition) is 5. The Morgan fingerprint density at radius 2 is 1.89 bits per heavy atom. The van der Waals surface area contributed by atoms with Crippen LogP contribution in [0.15, 0.2) is 11.6 Å². The minimum atomic E-state index is -0.807. The molecule has 0 saturated heterocycles. The predicted molar refractivity (Wildman–Crippen MR) is 103 cm³/mol. The van der Waals surface area contributed by atoms with Crippen LogP contribution < -0.4 is 0 Å². The maximum atomic E-state index is 12.1. The summed E-state index contributed by atoms with van der Waals surface area (Å²) in [5, 5.41) is 33.7. The summed E-state index contributed by atoms with van der Waals surface area (Å²) >= 11 is 0. The van der Waals surface area contributed by atoms with Gasteiger partial charge < -0.3 is 20.1 Å². The summed E-state index contributed by atoms with van der Waals surface area (Å²) < 4.78 is 5.17. The van der Waals surface area contributed by atoms with Gasteiger partial charge in [0.25, 0.3) is 0 Å². The van der Waals surface area contributed by atoms with Gasteiger partial charge in [-0.25, -0.2) is 4.79 Å². The summed E-state index contributed by atoms with van der Waals surface area (Å²) in [5.41, 5.74) is -0.250. The fourth-order valence-corrected chi connectivity index (χ4v) is 8.49. The number of hydrogen-bond donors (Lipinski definition) is 3. The normalized spacial score (nSPS) is 55.8. The Labute approximate surface area is 167 Å². The van der Waals surface area contributed by atoms with Gasteiger partial charge in [-0.1, -0.05) is 13.8 Å². The van der Waals surface area contributed by atoms with Gasteiger partial charge in [0, 0.05) is 11.5 Å². The third kappa shape index (κ3) is 2.33. The lowest BCUT2D eigenvalue weighted by Crippen LogP contribution is -2.66. The maximum absolute atomic E-state index is 12.1. The van der Waals surface area contributed by atoms with E-state index in [0.29, 0.717) is 18.9 Å². The molecule has 3 N–H and O–H groups in total. The number of carbonyl (C=O) groups is 1. The summed E-state index contributed by atoms with van der Waals surface area (Å²) in [6, 6.07) is 0. The van der Waals surface area contributed by atoms with Crippen molar-refractivity contribution in [2.75, 3.05) is 6.61 Å². The van der Waals surface area contributed by atoms with Crippen molar-refractivity contribution in [2.24, 2.45) is 34.5 Å². The Morgan fingerprint density at radius 1 is 1.11 bits per heavy atom. The molecule has 0 spiro atoms. The average molecular weight is 391 g/mol. The molecule has 4 fully saturated rings. The van der Waals surface area contributed by atoms with Crippen LogP contribution in [0.25, 0.3) is 0 Å². The van der Waals surface area contributed by atoms with Crippen molar-refractivity contribution in [1.29, 1.82) is 0 Å². The van der Waals surface area contributed by atoms with Crippen LogP contribution in [0.5, 0.6) is 0 Å². The Bertz CT molecular complexity index is 718. The molecule has 28 heavy (non-hydrogen) atoms. The molecule has 0 radical (unpaired) electrons. The van der Waals surface area contributed by atoms with Crippen LogP contribution in [0.1, 0.15) is 65.2 Å². The predicted octanol–water partition coefficient (Wildman–Crippen LogP) is 2.58. The van der Waals surface area contributed by atoms with Crippen molar-refractivity contribution in [1.82, 2.24) is 0 Å². The number of fused-ring (bicyclic) bond motifs is 5. The number of ether oxygens (including phenoxy) is 1. The third-order valence-electron chi connectivity index (χ3n) is 9.89. The first kappa shape index (κ1) is 19.1. The van der Waals surface area contributed by atoms with E-state index in [1.807, 2.05) is 0 Å². The zero-order chi connectivity index (χ0) is 19.9. The maximum Gasteiger partial charge on any atom is 0.331 e. The first-order valence-corrected chi connectivity index (χ1v) is 11.1. The van der Waals surface area contributed by atoms with Crippen LogP contribution in [0.2, 0.25) is 0 Å². The topological polar surface area (TPSA) is 87.0 Å². The number of aliphatic hydroxyl groups excluding tert-OH is 2. The second kappa shape index (κ2) is 6.05. The van der Waals surface area contributed by atoms with E-state index in [9.17, 15) is 20.1 Å². The van der Waals surface area contributed by atoms with Gasteiger partial charge in [-0.3, -0.25) is 0 Å². The molecule has 0 aromatic carbocycles. The van der Waals surface area contributed by atoms with Gasteiger partial charge in [0.2, 0.25) is 0 Å². The molecule has 0 aromatic rings. The van der Waals surface area contributed by atoms with Gasteiger partial charge in [-0.05, 0) is 86.0 Å². The summed E-state index contributed by atoms with van der Waals surface area (Å²) in [5.74, 6) is 0.420. The minimum Gasteiger partial charge on any atom is -0.458 e. The molecule has 0 bridgehead atoms. The molecule has 5 heteroatoms. The van der Waals surface area contributed by atoms with Gasteiger partial charge in [0.1, 0.15) is 6.61 Å². The van der Waals surface area contributed by atoms with Gasteiger partial charge in [-0.2, -0.15) is 0 Å². The molecular weight excluding hydrogens is 356 g/mol. The second-order valence-corrected chi connectivity index (χ2v) is 10.9. The van der Waals surface area contributed by atoms with Gasteiger partial charge in [0.05, 0.1) is 17.8 Å². The van der Waals surface area contributed by atoms with E-state index in [1.165, 1.54) is 0 Å². The number of esters is 1. The third-order valence-corrected chi connectivity index (χ3v) is 9.89. The molecule has 1 aliphatic heterocycles. The Morgan fingerprint density at radius 3 is 2.61 bits per heavy atom. The summed E-state index contributed by atoms with van der Waals surface area (Å²) in [6.07, 6.45) is 7.61. The molecule has 5 nitrogen and oxygen atoms in total. The van der Waals surface area contributed by atoms with E-state index in [4.69, 9.17) is 4.74 Å². The van der Waals surface area contributed by atoms with Crippen LogP contribution >= 0.6 is 0 Å². The molecule has 4 saturated carbocycles. The van der Waals surface area contributed by atoms with Crippen molar-refractivity contribution in [2.45, 2.75) is 83.0 Å². The van der Waals surface area contributed by atoms with E-state index < -0.39 is 17.1 Å². The number of cyclic esters (lactones) is 1. The van der Waals surface area contributed by atoms with Gasteiger partial charge >= 0.3 is 5.97 Å². The highest BCUT2D eigenvalue weighted by Gasteiger charge is 2.69. The molecule has 5 aliphatic rings. The van der Waals surface area contributed by atoms with Crippen molar-refractivity contribution in [3.05, 3.63) is 11.6 Å². The first-order chi connectivity index (χ1) is 13.2. The SMILES string of the molecule is C[C@]12CC[C@H](O)C[C@@H]1CC[C@@H]1[C@@H]2[C@H](O)C[C@]2(C)[C@H](C3=CC(=O)OC3)CC[C@]12O. The Hall–Kier alpha value is -0.910. The summed E-state index contributed by atoms with van der Waals surface area (Å²) in [6.45, 7) is 4.76. The largest absolute Gasteiger partial charge is 0.458 e. The number of carbonyl (C=O) groups excluding carboxylic acids is 1. The molecule has 0 aromatic heterocycles. The standard InChI is InChI=1S/C23H34O5/c1-21-7-5-15(24)10-14(21)3-4-17-20(21)18(25)11-22(2)16(6-8-23(17,22)27)13-9-19(26)28-12-13/h9,14-18,20,24-25,27H,3-8,10-12H2,1-2H3/t14-,15-,16-,17+,18+,20+,21-,22+,23-/m0/s1. The van der Waals surface area contributed by atoms with Gasteiger partial charge in [0.15, 0.2) is 0 Å². The van der Waals surface area contributed by atoms with Crippen molar-refractivity contribution in [3.63, 3.8) is 0 Å². The zero-order valence-electron chi connectivity index (χ0n) is 17.1. The van der Waals surface area contributed by atoms with Crippen LogP contribution in [0.4, 0.5) is 0 Å². The lowest BCUT2D eigenvalue weighted by atomic mass is 9.42. The second-order valence-electron chi connectivity index (χ2n) is 10.9. The average Bonchev–Trinajstić information content (AvgIpc) is 3.16. The molecule has 156 valence electrons. The van der Waals surface area contributed by atoms with E-state index in [0.717, 1.165) is 50.5 Å². The number of aliphatic hydroxyl groups is 3. The van der Waals surface area contributed by atoms with Crippen molar-refractivity contribution < 1.29 is 24.9 Å². The lowest BCUT2D eigenvalue weighted by Gasteiger charge is -2.65. The molecule has 0 amide bonds. The van der Waals surface area contributed by atoms with Crippen LogP contribution in [-0.4, -0.2) is 45.7 Å². The monoisotopic (exact) mass is 390 g/mol. The zero-order valence-corrected chi connectivity index (χ0v) is 17.1. The smallest absolute Gasteiger partial charge is 0.331 e. The molecular formula is C23H34O5. The molecule has 9 atom stereocenters. The van der Waals surface area contributed by atoms with Crippen LogP contribution in [0.3, 0.4) is 0 Å². The highest BCUT2D eigenvalue weighted by atomic mass is 16.5. The molecule has 5 rings (SSSR count). The quantitative estimate of drug-likeness (QED) is 0.599. The number of rotatable bonds is 1. The van der Waals surface area contributed by atoms with E-state index in [-0.39, 0.29) is 35.2 Å². The van der Waals surface area contributed by atoms with Crippen LogP contribution in [0, 0.1) is 34.5 Å². The highest BCUT2D eigenvalue weighted by Crippen LogP contribution is 2.69. The van der Waals surface area contributed by atoms with E-state index in [2.05, 4.69) is 13.8 Å². The van der Waals surface area contributed by atoms with E-state index in [1.54, 1.807) is 6.08 Å². The molecule has 1 heterocycles. The van der Waals surface area contributed by atoms with Crippen molar-refractivity contribution in [3.8, 4) is 0 Å². The van der Waals surface area contributed by atoms with Crippen LogP contribution in [-0.2, 0) is 9.53 Å². The van der Waals surface area contributed by atoms with Gasteiger partial charge in [-0.15, -0.1) is 0 Å². The highest BCUT2D eigenvalue weighted by molar-refractivity contribution is 5.85. The molecule has 0 unspecified atom stereocenters. The minimum absolute atomic E-state index is 0.0115. The Balaban J connectivity index is 1.51. The fraction of sp³-hybridized carbons (Fsp3) is 0.870. The first-order valence-electron chi connectivity index (χ1n) is 11.1. The van der Waals surface area contributed by atoms with Crippen molar-refractivity contribution >= 4 is 5.97 Å². The summed E-state index contributed by atoms with van der Waals surface area (Å²) in [7, 11) is 0. The van der Waals surface area contributed by atoms with E-state index >= 15 is 0 Å². The molecule has 4 aliphatic carbocycles. The Kier molecular flexibility index (Phi) is 4.12. The summed E-state index contributed by atoms with van der Waals surface area (Å²) in [4.78, 5) is 11.6.